The first-order valence-corrected chi connectivity index (χ1v) is 12.1. The molecular formula is C29H33N3O4. The van der Waals surface area contributed by atoms with Gasteiger partial charge in [0.1, 0.15) is 23.9 Å². The molecule has 0 bridgehead atoms. The van der Waals surface area contributed by atoms with Gasteiger partial charge in [0, 0.05) is 0 Å². The highest BCUT2D eigenvalue weighted by atomic mass is 16.5. The lowest BCUT2D eigenvalue weighted by Gasteiger charge is -2.14. The van der Waals surface area contributed by atoms with Crippen molar-refractivity contribution in [2.45, 2.75) is 53.7 Å². The van der Waals surface area contributed by atoms with Gasteiger partial charge in [0.15, 0.2) is 5.76 Å². The number of hydrogen-bond acceptors (Lipinski definition) is 5. The number of rotatable bonds is 9. The Morgan fingerprint density at radius 1 is 1.08 bits per heavy atom. The molecule has 0 spiro atoms. The zero-order valence-electron chi connectivity index (χ0n) is 21.7. The summed E-state index contributed by atoms with van der Waals surface area (Å²) < 4.78 is 19.0. The van der Waals surface area contributed by atoms with Crippen molar-refractivity contribution in [2.75, 3.05) is 12.4 Å². The summed E-state index contributed by atoms with van der Waals surface area (Å²) in [5.74, 6) is 2.45. The molecule has 0 aliphatic rings. The van der Waals surface area contributed by atoms with Crippen LogP contribution in [-0.2, 0) is 13.2 Å². The first-order valence-electron chi connectivity index (χ1n) is 12.1. The number of hydrogen-bond donors (Lipinski definition) is 1. The third-order valence-corrected chi connectivity index (χ3v) is 6.13. The number of ether oxygens (including phenoxy) is 2. The van der Waals surface area contributed by atoms with Gasteiger partial charge in [-0.05, 0) is 73.7 Å². The summed E-state index contributed by atoms with van der Waals surface area (Å²) in [5.41, 5.74) is 5.61. The van der Waals surface area contributed by atoms with E-state index in [1.54, 1.807) is 19.2 Å². The second-order valence-corrected chi connectivity index (χ2v) is 9.26. The number of anilines is 1. The average Bonchev–Trinajstić information content (AvgIpc) is 3.43. The maximum atomic E-state index is 12.9. The molecule has 0 unspecified atom stereocenters. The second kappa shape index (κ2) is 10.7. The standard InChI is InChI=1S/C29H33N3O4/c1-18(2)25-12-10-19(3)14-27(25)35-17-24-11-13-26(36-24)29(33)30-28-20(4)31-32(21(28)5)16-22-8-7-9-23(15-22)34-6/h7-15,18H,16-17H2,1-6H3,(H,30,33). The van der Waals surface area contributed by atoms with Crippen LogP contribution in [0.2, 0.25) is 0 Å². The molecule has 188 valence electrons. The van der Waals surface area contributed by atoms with E-state index in [9.17, 15) is 4.79 Å². The lowest BCUT2D eigenvalue weighted by atomic mass is 10.0. The summed E-state index contributed by atoms with van der Waals surface area (Å²) >= 11 is 0. The molecule has 0 aliphatic heterocycles. The van der Waals surface area contributed by atoms with Crippen molar-refractivity contribution in [1.82, 2.24) is 9.78 Å². The van der Waals surface area contributed by atoms with E-state index in [1.807, 2.05) is 55.8 Å². The van der Waals surface area contributed by atoms with Gasteiger partial charge in [0.05, 0.1) is 30.7 Å². The van der Waals surface area contributed by atoms with Crippen molar-refractivity contribution in [3.8, 4) is 11.5 Å². The number of aryl methyl sites for hydroxylation is 2. The predicted octanol–water partition coefficient (Wildman–Crippen LogP) is 6.41. The first kappa shape index (κ1) is 25.1. The first-order chi connectivity index (χ1) is 17.2. The number of aromatic nitrogens is 2. The van der Waals surface area contributed by atoms with Crippen LogP contribution >= 0.6 is 0 Å². The number of nitrogens with one attached hydrogen (secondary N) is 1. The Bertz CT molecular complexity index is 1370. The summed E-state index contributed by atoms with van der Waals surface area (Å²) in [6.07, 6.45) is 0. The fourth-order valence-corrected chi connectivity index (χ4v) is 4.12. The van der Waals surface area contributed by atoms with Crippen LogP contribution in [-0.4, -0.2) is 22.8 Å². The molecule has 2 aromatic heterocycles. The lowest BCUT2D eigenvalue weighted by molar-refractivity contribution is 0.0992. The number of carbonyl (C=O) groups is 1. The van der Waals surface area contributed by atoms with Crippen LogP contribution in [0.15, 0.2) is 59.0 Å². The molecular weight excluding hydrogens is 454 g/mol. The Morgan fingerprint density at radius 2 is 1.89 bits per heavy atom. The minimum Gasteiger partial charge on any atom is -0.497 e. The van der Waals surface area contributed by atoms with Gasteiger partial charge in [-0.15, -0.1) is 0 Å². The fraction of sp³-hybridized carbons (Fsp3) is 0.310. The van der Waals surface area contributed by atoms with Gasteiger partial charge >= 0.3 is 0 Å². The van der Waals surface area contributed by atoms with E-state index < -0.39 is 0 Å². The smallest absolute Gasteiger partial charge is 0.291 e. The lowest BCUT2D eigenvalue weighted by Crippen LogP contribution is -2.12. The topological polar surface area (TPSA) is 78.5 Å². The van der Waals surface area contributed by atoms with Crippen molar-refractivity contribution in [3.63, 3.8) is 0 Å². The Morgan fingerprint density at radius 3 is 2.64 bits per heavy atom. The van der Waals surface area contributed by atoms with Crippen LogP contribution in [0.5, 0.6) is 11.5 Å². The molecule has 7 nitrogen and oxygen atoms in total. The van der Waals surface area contributed by atoms with Crippen LogP contribution in [0.3, 0.4) is 0 Å². The minimum absolute atomic E-state index is 0.223. The van der Waals surface area contributed by atoms with E-state index in [4.69, 9.17) is 13.9 Å². The highest BCUT2D eigenvalue weighted by Gasteiger charge is 2.18. The molecule has 2 heterocycles. The highest BCUT2D eigenvalue weighted by Crippen LogP contribution is 2.28. The SMILES string of the molecule is COc1cccc(Cn2nc(C)c(NC(=O)c3ccc(COc4cc(C)ccc4C(C)C)o3)c2C)c1. The zero-order chi connectivity index (χ0) is 25.8. The van der Waals surface area contributed by atoms with E-state index in [0.717, 1.165) is 39.6 Å². The van der Waals surface area contributed by atoms with E-state index in [2.05, 4.69) is 36.4 Å². The van der Waals surface area contributed by atoms with E-state index >= 15 is 0 Å². The number of nitrogens with zero attached hydrogens (tertiary/aromatic N) is 2. The van der Waals surface area contributed by atoms with E-state index in [-0.39, 0.29) is 18.3 Å². The third kappa shape index (κ3) is 5.62. The monoisotopic (exact) mass is 487 g/mol. The van der Waals surface area contributed by atoms with Crippen LogP contribution in [0.4, 0.5) is 5.69 Å². The maximum Gasteiger partial charge on any atom is 0.291 e. The molecule has 4 aromatic rings. The van der Waals surface area contributed by atoms with Crippen molar-refractivity contribution in [3.05, 3.63) is 94.2 Å². The zero-order valence-corrected chi connectivity index (χ0v) is 21.7. The highest BCUT2D eigenvalue weighted by molar-refractivity contribution is 6.02. The van der Waals surface area contributed by atoms with Gasteiger partial charge < -0.3 is 19.2 Å². The molecule has 4 rings (SSSR count). The number of benzene rings is 2. The van der Waals surface area contributed by atoms with Gasteiger partial charge in [-0.2, -0.15) is 5.10 Å². The van der Waals surface area contributed by atoms with Gasteiger partial charge in [-0.25, -0.2) is 0 Å². The van der Waals surface area contributed by atoms with E-state index in [1.165, 1.54) is 0 Å². The van der Waals surface area contributed by atoms with Crippen molar-refractivity contribution >= 4 is 11.6 Å². The van der Waals surface area contributed by atoms with Gasteiger partial charge in [0.2, 0.25) is 0 Å². The molecule has 0 aliphatic carbocycles. The van der Waals surface area contributed by atoms with Gasteiger partial charge in [0.25, 0.3) is 5.91 Å². The Labute approximate surface area is 212 Å². The van der Waals surface area contributed by atoms with Crippen molar-refractivity contribution < 1.29 is 18.7 Å². The Kier molecular flexibility index (Phi) is 7.48. The molecule has 1 amide bonds. The molecule has 0 fully saturated rings. The third-order valence-electron chi connectivity index (χ3n) is 6.13. The molecule has 0 saturated carbocycles. The maximum absolute atomic E-state index is 12.9. The quantitative estimate of drug-likeness (QED) is 0.295. The molecule has 1 N–H and O–H groups in total. The largest absolute Gasteiger partial charge is 0.497 e. The molecule has 0 saturated heterocycles. The molecule has 36 heavy (non-hydrogen) atoms. The average molecular weight is 488 g/mol. The normalized spacial score (nSPS) is 11.1. The number of methoxy groups -OCH3 is 1. The Hall–Kier alpha value is -4.00. The van der Waals surface area contributed by atoms with Gasteiger partial charge in [-0.1, -0.05) is 38.1 Å². The van der Waals surface area contributed by atoms with E-state index in [0.29, 0.717) is 23.9 Å². The fourth-order valence-electron chi connectivity index (χ4n) is 4.12. The minimum atomic E-state index is -0.327. The van der Waals surface area contributed by atoms with Gasteiger partial charge in [-0.3, -0.25) is 9.48 Å². The van der Waals surface area contributed by atoms with Crippen LogP contribution < -0.4 is 14.8 Å². The summed E-state index contributed by atoms with van der Waals surface area (Å²) in [7, 11) is 1.65. The summed E-state index contributed by atoms with van der Waals surface area (Å²) in [5, 5.41) is 7.58. The summed E-state index contributed by atoms with van der Waals surface area (Å²) in [6, 6.07) is 17.5. The summed E-state index contributed by atoms with van der Waals surface area (Å²) in [6.45, 7) is 10.9. The number of furan rings is 1. The number of carbonyl (C=O) groups excluding carboxylic acids is 1. The Balaban J connectivity index is 1.43. The summed E-state index contributed by atoms with van der Waals surface area (Å²) in [4.78, 5) is 12.9. The van der Waals surface area contributed by atoms with Crippen molar-refractivity contribution in [1.29, 1.82) is 0 Å². The molecule has 0 atom stereocenters. The number of amides is 1. The molecule has 0 radical (unpaired) electrons. The van der Waals surface area contributed by atoms with Crippen molar-refractivity contribution in [2.24, 2.45) is 0 Å². The second-order valence-electron chi connectivity index (χ2n) is 9.26. The van der Waals surface area contributed by atoms with Crippen LogP contribution in [0.25, 0.3) is 0 Å². The molecule has 2 aromatic carbocycles. The van der Waals surface area contributed by atoms with Crippen LogP contribution in [0.1, 0.15) is 64.2 Å². The molecule has 7 heteroatoms. The van der Waals surface area contributed by atoms with Crippen LogP contribution in [0, 0.1) is 20.8 Å². The predicted molar refractivity (Wildman–Crippen MR) is 140 cm³/mol.